The molecule has 2 heterocycles. The van der Waals surface area contributed by atoms with Crippen molar-refractivity contribution in [3.8, 4) is 0 Å². The van der Waals surface area contributed by atoms with E-state index in [4.69, 9.17) is 0 Å². The number of nitrogens with one attached hydrogen (secondary N) is 1. The molecule has 0 atom stereocenters. The summed E-state index contributed by atoms with van der Waals surface area (Å²) in [6, 6.07) is 0.719. The van der Waals surface area contributed by atoms with Crippen molar-refractivity contribution in [3.05, 3.63) is 15.6 Å². The summed E-state index contributed by atoms with van der Waals surface area (Å²) in [5.41, 5.74) is 1.20. The zero-order chi connectivity index (χ0) is 10.1. The molecule has 0 radical (unpaired) electrons. The number of likely N-dealkylation sites (N-methyl/N-ethyl adjacent to an activating group) is 1. The molecule has 78 valence electrons. The van der Waals surface area contributed by atoms with Gasteiger partial charge >= 0.3 is 0 Å². The predicted molar refractivity (Wildman–Crippen MR) is 59.7 cm³/mol. The summed E-state index contributed by atoms with van der Waals surface area (Å²) in [6.07, 6.45) is 0. The summed E-state index contributed by atoms with van der Waals surface area (Å²) in [5.74, 6) is 0. The maximum atomic E-state index is 4.44. The van der Waals surface area contributed by atoms with Crippen LogP contribution in [0.3, 0.4) is 0 Å². The SMILES string of the molecule is Cc1nc(C)c(CN(C)C2CNC2)s1. The van der Waals surface area contributed by atoms with Crippen molar-refractivity contribution in [1.82, 2.24) is 15.2 Å². The molecule has 0 unspecified atom stereocenters. The van der Waals surface area contributed by atoms with E-state index in [0.29, 0.717) is 0 Å². The number of nitrogens with zero attached hydrogens (tertiary/aromatic N) is 2. The van der Waals surface area contributed by atoms with E-state index in [9.17, 15) is 0 Å². The zero-order valence-corrected chi connectivity index (χ0v) is 9.82. The molecule has 0 bridgehead atoms. The molecule has 1 aliphatic heterocycles. The summed E-state index contributed by atoms with van der Waals surface area (Å²) < 4.78 is 0. The van der Waals surface area contributed by atoms with Crippen LogP contribution in [0.5, 0.6) is 0 Å². The number of hydrogen-bond acceptors (Lipinski definition) is 4. The lowest BCUT2D eigenvalue weighted by atomic mass is 10.1. The molecule has 4 heteroatoms. The molecule has 1 aliphatic rings. The first-order valence-electron chi connectivity index (χ1n) is 5.00. The molecule has 0 spiro atoms. The maximum absolute atomic E-state index is 4.44. The van der Waals surface area contributed by atoms with Gasteiger partial charge in [0.05, 0.1) is 10.7 Å². The van der Waals surface area contributed by atoms with E-state index < -0.39 is 0 Å². The topological polar surface area (TPSA) is 28.2 Å². The van der Waals surface area contributed by atoms with Gasteiger partial charge in [0.1, 0.15) is 0 Å². The van der Waals surface area contributed by atoms with Crippen LogP contribution in [0.1, 0.15) is 15.6 Å². The summed E-state index contributed by atoms with van der Waals surface area (Å²) in [6.45, 7) is 7.49. The van der Waals surface area contributed by atoms with Crippen LogP contribution < -0.4 is 5.32 Å². The molecule has 14 heavy (non-hydrogen) atoms. The van der Waals surface area contributed by atoms with E-state index >= 15 is 0 Å². The third kappa shape index (κ3) is 1.97. The van der Waals surface area contributed by atoms with Crippen LogP contribution in [0.4, 0.5) is 0 Å². The van der Waals surface area contributed by atoms with Gasteiger partial charge in [0.25, 0.3) is 0 Å². The number of hydrogen-bond donors (Lipinski definition) is 1. The summed E-state index contributed by atoms with van der Waals surface area (Å²) >= 11 is 1.82. The minimum atomic E-state index is 0.719. The fraction of sp³-hybridized carbons (Fsp3) is 0.700. The van der Waals surface area contributed by atoms with E-state index in [1.165, 1.54) is 15.6 Å². The molecule has 2 rings (SSSR count). The number of aryl methyl sites for hydroxylation is 2. The number of rotatable bonds is 3. The molecule has 0 aromatic carbocycles. The van der Waals surface area contributed by atoms with E-state index in [1.54, 1.807) is 0 Å². The summed E-state index contributed by atoms with van der Waals surface area (Å²) in [7, 11) is 2.19. The molecule has 0 aliphatic carbocycles. The Balaban J connectivity index is 1.98. The van der Waals surface area contributed by atoms with Crippen molar-refractivity contribution in [2.45, 2.75) is 26.4 Å². The molecule has 1 saturated heterocycles. The normalized spacial score (nSPS) is 17.4. The molecule has 3 nitrogen and oxygen atoms in total. The van der Waals surface area contributed by atoms with Crippen molar-refractivity contribution >= 4 is 11.3 Å². The lowest BCUT2D eigenvalue weighted by Gasteiger charge is -2.35. The second-order valence-electron chi connectivity index (χ2n) is 3.97. The van der Waals surface area contributed by atoms with Gasteiger partial charge in [-0.25, -0.2) is 4.98 Å². The molecule has 0 amide bonds. The Morgan fingerprint density at radius 2 is 2.21 bits per heavy atom. The van der Waals surface area contributed by atoms with Crippen LogP contribution in [0.2, 0.25) is 0 Å². The smallest absolute Gasteiger partial charge is 0.0900 e. The Morgan fingerprint density at radius 1 is 1.50 bits per heavy atom. The first kappa shape index (κ1) is 10.1. The minimum absolute atomic E-state index is 0.719. The van der Waals surface area contributed by atoms with Gasteiger partial charge in [-0.05, 0) is 20.9 Å². The van der Waals surface area contributed by atoms with Crippen LogP contribution in [-0.2, 0) is 6.54 Å². The molecular weight excluding hydrogens is 194 g/mol. The fourth-order valence-electron chi connectivity index (χ4n) is 1.66. The highest BCUT2D eigenvalue weighted by Crippen LogP contribution is 2.19. The Morgan fingerprint density at radius 3 is 2.64 bits per heavy atom. The highest BCUT2D eigenvalue weighted by atomic mass is 32.1. The van der Waals surface area contributed by atoms with Crippen LogP contribution in [-0.4, -0.2) is 36.1 Å². The highest BCUT2D eigenvalue weighted by Gasteiger charge is 2.22. The summed E-state index contributed by atoms with van der Waals surface area (Å²) in [5, 5.41) is 4.47. The lowest BCUT2D eigenvalue weighted by molar-refractivity contribution is 0.174. The maximum Gasteiger partial charge on any atom is 0.0900 e. The van der Waals surface area contributed by atoms with Crippen molar-refractivity contribution in [3.63, 3.8) is 0 Å². The third-order valence-electron chi connectivity index (χ3n) is 2.78. The first-order valence-corrected chi connectivity index (χ1v) is 5.82. The van der Waals surface area contributed by atoms with E-state index in [0.717, 1.165) is 25.7 Å². The van der Waals surface area contributed by atoms with Gasteiger partial charge in [-0.1, -0.05) is 0 Å². The van der Waals surface area contributed by atoms with Gasteiger partial charge in [0.15, 0.2) is 0 Å². The van der Waals surface area contributed by atoms with Gasteiger partial charge in [-0.15, -0.1) is 11.3 Å². The van der Waals surface area contributed by atoms with E-state index in [2.05, 4.69) is 36.1 Å². The Bertz CT molecular complexity index is 317. The van der Waals surface area contributed by atoms with Crippen LogP contribution >= 0.6 is 11.3 Å². The zero-order valence-electron chi connectivity index (χ0n) is 9.00. The van der Waals surface area contributed by atoms with E-state index in [1.807, 2.05) is 11.3 Å². The highest BCUT2D eigenvalue weighted by molar-refractivity contribution is 7.11. The first-order chi connectivity index (χ1) is 6.66. The quantitative estimate of drug-likeness (QED) is 0.813. The standard InChI is InChI=1S/C10H17N3S/c1-7-10(14-8(2)12-7)6-13(3)9-4-11-5-9/h9,11H,4-6H2,1-3H3. The van der Waals surface area contributed by atoms with Crippen LogP contribution in [0.15, 0.2) is 0 Å². The van der Waals surface area contributed by atoms with E-state index in [-0.39, 0.29) is 0 Å². The molecule has 1 N–H and O–H groups in total. The van der Waals surface area contributed by atoms with Crippen molar-refractivity contribution in [2.75, 3.05) is 20.1 Å². The van der Waals surface area contributed by atoms with Crippen molar-refractivity contribution in [2.24, 2.45) is 0 Å². The fourth-order valence-corrected chi connectivity index (χ4v) is 2.66. The van der Waals surface area contributed by atoms with Gasteiger partial charge in [0.2, 0.25) is 0 Å². The van der Waals surface area contributed by atoms with Gasteiger partial charge in [-0.2, -0.15) is 0 Å². The van der Waals surface area contributed by atoms with Gasteiger partial charge in [0, 0.05) is 30.6 Å². The Hall–Kier alpha value is -0.450. The average molecular weight is 211 g/mol. The molecular formula is C10H17N3S. The summed E-state index contributed by atoms with van der Waals surface area (Å²) in [4.78, 5) is 8.27. The number of aromatic nitrogens is 1. The largest absolute Gasteiger partial charge is 0.314 e. The van der Waals surface area contributed by atoms with Crippen molar-refractivity contribution < 1.29 is 0 Å². The molecule has 0 saturated carbocycles. The monoisotopic (exact) mass is 211 g/mol. The molecule has 1 fully saturated rings. The third-order valence-corrected chi connectivity index (χ3v) is 3.83. The lowest BCUT2D eigenvalue weighted by Crippen LogP contribution is -2.55. The second-order valence-corrected chi connectivity index (χ2v) is 5.26. The van der Waals surface area contributed by atoms with Crippen LogP contribution in [0, 0.1) is 13.8 Å². The second kappa shape index (κ2) is 3.96. The predicted octanol–water partition coefficient (Wildman–Crippen LogP) is 1.16. The number of thiazole rings is 1. The van der Waals surface area contributed by atoms with Gasteiger partial charge < -0.3 is 5.32 Å². The molecule has 1 aromatic rings. The van der Waals surface area contributed by atoms with Crippen LogP contribution in [0.25, 0.3) is 0 Å². The Kier molecular flexibility index (Phi) is 2.85. The van der Waals surface area contributed by atoms with Crippen molar-refractivity contribution in [1.29, 1.82) is 0 Å². The molecule has 1 aromatic heterocycles. The minimum Gasteiger partial charge on any atom is -0.314 e. The Labute approximate surface area is 89.1 Å². The average Bonchev–Trinajstić information content (AvgIpc) is 2.26. The van der Waals surface area contributed by atoms with Gasteiger partial charge in [-0.3, -0.25) is 4.90 Å².